The summed E-state index contributed by atoms with van der Waals surface area (Å²) in [6.45, 7) is 6.32. The van der Waals surface area contributed by atoms with Crippen LogP contribution in [0.1, 0.15) is 38.2 Å². The number of aromatic hydroxyl groups is 1. The minimum Gasteiger partial charge on any atom is -0.508 e. The number of methoxy groups -OCH3 is 1. The summed E-state index contributed by atoms with van der Waals surface area (Å²) >= 11 is 0. The van der Waals surface area contributed by atoms with Crippen LogP contribution < -0.4 is 14.5 Å². The number of nitrogens with zero attached hydrogens (tertiary/aromatic N) is 2. The summed E-state index contributed by atoms with van der Waals surface area (Å²) in [5.74, 6) is -3.65. The van der Waals surface area contributed by atoms with Gasteiger partial charge in [-0.15, -0.1) is 0 Å². The number of imide groups is 1. The van der Waals surface area contributed by atoms with Crippen LogP contribution in [0.25, 0.3) is 0 Å². The van der Waals surface area contributed by atoms with Crippen LogP contribution in [0.3, 0.4) is 0 Å². The Morgan fingerprint density at radius 3 is 2.36 bits per heavy atom. The number of benzene rings is 2. The molecule has 3 aliphatic carbocycles. The highest BCUT2D eigenvalue weighted by Gasteiger charge is 2.64. The minimum absolute atomic E-state index is 0.0405. The molecule has 0 unspecified atom stereocenters. The molecule has 9 heteroatoms. The predicted molar refractivity (Wildman–Crippen MR) is 163 cm³/mol. The lowest BCUT2D eigenvalue weighted by molar-refractivity contribution is -0.141. The van der Waals surface area contributed by atoms with Crippen molar-refractivity contribution in [3.63, 3.8) is 0 Å². The molecule has 2 aliphatic heterocycles. The van der Waals surface area contributed by atoms with Crippen LogP contribution in [0.4, 0.5) is 11.4 Å². The molecule has 228 valence electrons. The Hall–Kier alpha value is -4.24. The van der Waals surface area contributed by atoms with Crippen molar-refractivity contribution >= 4 is 34.8 Å². The highest BCUT2D eigenvalue weighted by Crippen LogP contribution is 2.64. The molecule has 7 rings (SSSR count). The van der Waals surface area contributed by atoms with E-state index in [1.54, 1.807) is 32.0 Å². The molecule has 1 saturated carbocycles. The molecule has 3 fully saturated rings. The summed E-state index contributed by atoms with van der Waals surface area (Å²) in [4.78, 5) is 59.3. The number of amides is 2. The second-order valence-electron chi connectivity index (χ2n) is 12.8. The second-order valence-corrected chi connectivity index (χ2v) is 12.8. The van der Waals surface area contributed by atoms with E-state index in [2.05, 4.69) is 4.90 Å². The fourth-order valence-corrected chi connectivity index (χ4v) is 8.59. The Morgan fingerprint density at radius 1 is 0.955 bits per heavy atom. The summed E-state index contributed by atoms with van der Waals surface area (Å²) in [5.41, 5.74) is 1.95. The maximum atomic E-state index is 14.3. The maximum absolute atomic E-state index is 14.3. The minimum atomic E-state index is -1.20. The number of ether oxygens (including phenoxy) is 2. The summed E-state index contributed by atoms with van der Waals surface area (Å²) in [6.07, 6.45) is 3.99. The largest absolute Gasteiger partial charge is 0.508 e. The van der Waals surface area contributed by atoms with Crippen molar-refractivity contribution in [3.05, 3.63) is 71.3 Å². The van der Waals surface area contributed by atoms with Gasteiger partial charge >= 0.3 is 0 Å². The van der Waals surface area contributed by atoms with E-state index >= 15 is 0 Å². The fourth-order valence-electron chi connectivity index (χ4n) is 8.59. The van der Waals surface area contributed by atoms with Crippen molar-refractivity contribution in [2.24, 2.45) is 29.1 Å². The molecule has 2 saturated heterocycles. The van der Waals surface area contributed by atoms with E-state index in [1.165, 1.54) is 18.1 Å². The van der Waals surface area contributed by atoms with Gasteiger partial charge in [-0.05, 0) is 73.7 Å². The van der Waals surface area contributed by atoms with Crippen LogP contribution in [-0.2, 0) is 23.9 Å². The quantitative estimate of drug-likeness (QED) is 0.413. The lowest BCUT2D eigenvalue weighted by Gasteiger charge is -2.53. The number of anilines is 2. The van der Waals surface area contributed by atoms with Crippen LogP contribution in [0.5, 0.6) is 11.5 Å². The number of carbonyl (C=O) groups excluding carboxylic acids is 4. The highest BCUT2D eigenvalue weighted by atomic mass is 16.5. The Balaban J connectivity index is 1.30. The molecule has 0 radical (unpaired) electrons. The third kappa shape index (κ3) is 4.01. The van der Waals surface area contributed by atoms with Gasteiger partial charge in [-0.25, -0.2) is 0 Å². The van der Waals surface area contributed by atoms with Crippen molar-refractivity contribution in [2.75, 3.05) is 43.2 Å². The average molecular weight is 597 g/mol. The van der Waals surface area contributed by atoms with E-state index in [0.717, 1.165) is 24.4 Å². The van der Waals surface area contributed by atoms with E-state index in [9.17, 15) is 24.3 Å². The first-order valence-corrected chi connectivity index (χ1v) is 15.3. The molecule has 2 aromatic rings. The lowest BCUT2D eigenvalue weighted by Crippen LogP contribution is -2.54. The van der Waals surface area contributed by atoms with Gasteiger partial charge in [0.15, 0.2) is 11.6 Å². The Morgan fingerprint density at radius 2 is 1.66 bits per heavy atom. The standard InChI is InChI=1S/C35H36N2O7/c1-19-17-27(39)25-18-24-22(31(35(25,2)32(19)40)30-26(38)5-4-6-28(30)43-3)11-12-23-29(24)34(42)37(33(23)41)21-9-7-20(8-10-21)36-13-15-44-16-14-36/h4-11,17,23-25,29,31,38H,12-16,18H2,1-3H3/t23-,24+,25-,29-,31+,35+/m0/s1. The normalized spacial score (nSPS) is 31.7. The molecule has 9 nitrogen and oxygen atoms in total. The zero-order valence-corrected chi connectivity index (χ0v) is 25.1. The molecule has 2 heterocycles. The van der Waals surface area contributed by atoms with E-state index < -0.39 is 35.0 Å². The van der Waals surface area contributed by atoms with Crippen molar-refractivity contribution in [1.82, 2.24) is 0 Å². The van der Waals surface area contributed by atoms with Crippen LogP contribution in [0.2, 0.25) is 0 Å². The molecule has 0 spiro atoms. The topological polar surface area (TPSA) is 113 Å². The van der Waals surface area contributed by atoms with Gasteiger partial charge < -0.3 is 19.5 Å². The zero-order valence-electron chi connectivity index (χ0n) is 25.1. The first kappa shape index (κ1) is 28.5. The number of hydrogen-bond acceptors (Lipinski definition) is 8. The third-order valence-corrected chi connectivity index (χ3v) is 10.7. The zero-order chi connectivity index (χ0) is 30.9. The number of allylic oxidation sites excluding steroid dienone is 4. The number of Topliss-reactive ketones (excluding diaryl/α,β-unsaturated/α-hetero) is 1. The predicted octanol–water partition coefficient (Wildman–Crippen LogP) is 4.20. The van der Waals surface area contributed by atoms with Crippen LogP contribution >= 0.6 is 0 Å². The van der Waals surface area contributed by atoms with Crippen molar-refractivity contribution in [1.29, 1.82) is 0 Å². The number of ketones is 2. The molecular weight excluding hydrogens is 560 g/mol. The summed E-state index contributed by atoms with van der Waals surface area (Å²) in [5, 5.41) is 11.2. The fraction of sp³-hybridized carbons (Fsp3) is 0.429. The molecule has 5 aliphatic rings. The van der Waals surface area contributed by atoms with Gasteiger partial charge in [0.05, 0.1) is 43.3 Å². The number of fused-ring (bicyclic) bond motifs is 4. The van der Waals surface area contributed by atoms with Gasteiger partial charge in [0.25, 0.3) is 0 Å². The number of phenols is 1. The molecule has 2 aromatic carbocycles. The SMILES string of the molecule is COc1cccc(O)c1[C@H]1C2=CC[C@@H]3C(=O)N(c4ccc(N5CCOCC5)cc4)C(=O)[C@@H]3[C@@H]2C[C@H]2C(=O)C=C(C)C(=O)[C@@]12C. The Labute approximate surface area is 256 Å². The monoisotopic (exact) mass is 596 g/mol. The lowest BCUT2D eigenvalue weighted by atomic mass is 9.47. The van der Waals surface area contributed by atoms with Crippen molar-refractivity contribution in [3.8, 4) is 11.5 Å². The number of carbonyl (C=O) groups is 4. The smallest absolute Gasteiger partial charge is 0.238 e. The van der Waals surface area contributed by atoms with Crippen LogP contribution in [0, 0.1) is 29.1 Å². The van der Waals surface area contributed by atoms with Gasteiger partial charge in [-0.3, -0.25) is 24.1 Å². The van der Waals surface area contributed by atoms with Gasteiger partial charge in [-0.1, -0.05) is 24.6 Å². The second kappa shape index (κ2) is 10.4. The number of hydrogen-bond donors (Lipinski definition) is 1. The van der Waals surface area contributed by atoms with E-state index in [0.29, 0.717) is 42.2 Å². The maximum Gasteiger partial charge on any atom is 0.238 e. The average Bonchev–Trinajstić information content (AvgIpc) is 3.29. The third-order valence-electron chi connectivity index (χ3n) is 10.7. The van der Waals surface area contributed by atoms with Crippen molar-refractivity contribution in [2.45, 2.75) is 32.6 Å². The molecule has 0 bridgehead atoms. The van der Waals surface area contributed by atoms with Gasteiger partial charge in [0.2, 0.25) is 11.8 Å². The molecule has 2 amide bonds. The van der Waals surface area contributed by atoms with Crippen LogP contribution in [-0.4, -0.2) is 61.9 Å². The Bertz CT molecular complexity index is 1640. The summed E-state index contributed by atoms with van der Waals surface area (Å²) in [7, 11) is 1.50. The number of rotatable bonds is 4. The summed E-state index contributed by atoms with van der Waals surface area (Å²) < 4.78 is 11.1. The van der Waals surface area contributed by atoms with E-state index in [1.807, 2.05) is 30.3 Å². The molecule has 6 atom stereocenters. The number of morpholine rings is 1. The van der Waals surface area contributed by atoms with Gasteiger partial charge in [0.1, 0.15) is 11.5 Å². The first-order valence-electron chi connectivity index (χ1n) is 15.3. The summed E-state index contributed by atoms with van der Waals surface area (Å²) in [6, 6.07) is 12.4. The van der Waals surface area contributed by atoms with Gasteiger partial charge in [0, 0.05) is 36.2 Å². The Kier molecular flexibility index (Phi) is 6.77. The highest BCUT2D eigenvalue weighted by molar-refractivity contribution is 6.22. The molecule has 1 N–H and O–H groups in total. The molecule has 44 heavy (non-hydrogen) atoms. The first-order chi connectivity index (χ1) is 21.2. The van der Waals surface area contributed by atoms with E-state index in [4.69, 9.17) is 9.47 Å². The van der Waals surface area contributed by atoms with E-state index in [-0.39, 0.29) is 35.6 Å². The van der Waals surface area contributed by atoms with Gasteiger partial charge in [-0.2, -0.15) is 0 Å². The molecular formula is C35H36N2O7. The molecule has 0 aromatic heterocycles. The number of phenolic OH excluding ortho intramolecular Hbond substituents is 1. The van der Waals surface area contributed by atoms with Crippen LogP contribution in [0.15, 0.2) is 65.8 Å². The van der Waals surface area contributed by atoms with Crippen molar-refractivity contribution < 1.29 is 33.8 Å².